The van der Waals surface area contributed by atoms with Crippen LogP contribution < -0.4 is 5.32 Å². The Hall–Kier alpha value is -2.79. The average molecular weight is 390 g/mol. The number of amides is 1. The summed E-state index contributed by atoms with van der Waals surface area (Å²) in [5, 5.41) is 2.48. The predicted molar refractivity (Wildman–Crippen MR) is 99.8 cm³/mol. The Kier molecular flexibility index (Phi) is 5.51. The monoisotopic (exact) mass is 389 g/mol. The van der Waals surface area contributed by atoms with Crippen LogP contribution in [0.5, 0.6) is 0 Å². The van der Waals surface area contributed by atoms with Gasteiger partial charge in [0.25, 0.3) is 0 Å². The maximum atomic E-state index is 13.0. The smallest absolute Gasteiger partial charge is 0.324 e. The zero-order valence-corrected chi connectivity index (χ0v) is 14.8. The van der Waals surface area contributed by atoms with Crippen LogP contribution in [0.25, 0.3) is 0 Å². The highest BCUT2D eigenvalue weighted by atomic mass is 35.5. The quantitative estimate of drug-likeness (QED) is 0.571. The van der Waals surface area contributed by atoms with E-state index in [0.29, 0.717) is 0 Å². The van der Waals surface area contributed by atoms with E-state index < -0.39 is 17.7 Å². The zero-order valence-electron chi connectivity index (χ0n) is 14.0. The lowest BCUT2D eigenvalue weighted by Gasteiger charge is -2.19. The first-order valence-corrected chi connectivity index (χ1v) is 8.51. The first-order chi connectivity index (χ1) is 12.9. The maximum absolute atomic E-state index is 13.0. The number of carbonyl (C=O) groups is 1. The van der Waals surface area contributed by atoms with Crippen molar-refractivity contribution in [3.8, 4) is 0 Å². The molecule has 6 heteroatoms. The molecule has 0 unspecified atom stereocenters. The van der Waals surface area contributed by atoms with Crippen LogP contribution >= 0.6 is 11.6 Å². The van der Waals surface area contributed by atoms with E-state index in [4.69, 9.17) is 11.6 Å². The van der Waals surface area contributed by atoms with Crippen molar-refractivity contribution < 1.29 is 18.0 Å². The van der Waals surface area contributed by atoms with E-state index in [9.17, 15) is 18.0 Å². The molecule has 1 N–H and O–H groups in total. The number of alkyl halides is 3. The van der Waals surface area contributed by atoms with Crippen molar-refractivity contribution in [1.29, 1.82) is 0 Å². The SMILES string of the molecule is O=C(Nc1ccc(C(F)(F)F)cc1Cl)C(c1ccccc1)c1ccccc1. The third-order valence-electron chi connectivity index (χ3n) is 4.08. The third-order valence-corrected chi connectivity index (χ3v) is 4.39. The molecule has 0 aliphatic rings. The Bertz CT molecular complexity index is 888. The van der Waals surface area contributed by atoms with Gasteiger partial charge in [0.2, 0.25) is 5.91 Å². The highest BCUT2D eigenvalue weighted by Gasteiger charge is 2.31. The molecule has 0 aliphatic heterocycles. The van der Waals surface area contributed by atoms with Gasteiger partial charge in [0.1, 0.15) is 0 Å². The lowest BCUT2D eigenvalue weighted by Crippen LogP contribution is -2.22. The van der Waals surface area contributed by atoms with Gasteiger partial charge in [0.15, 0.2) is 0 Å². The molecule has 3 aromatic rings. The van der Waals surface area contributed by atoms with Crippen LogP contribution in [0, 0.1) is 0 Å². The Labute approximate surface area is 159 Å². The van der Waals surface area contributed by atoms with Crippen LogP contribution in [-0.2, 0) is 11.0 Å². The molecule has 0 heterocycles. The molecule has 27 heavy (non-hydrogen) atoms. The summed E-state index contributed by atoms with van der Waals surface area (Å²) < 4.78 is 38.4. The number of anilines is 1. The number of nitrogens with one attached hydrogen (secondary N) is 1. The third kappa shape index (κ3) is 4.49. The number of halogens is 4. The molecule has 2 nitrogen and oxygen atoms in total. The minimum atomic E-state index is -4.50. The van der Waals surface area contributed by atoms with Crippen molar-refractivity contribution in [2.24, 2.45) is 0 Å². The first kappa shape index (κ1) is 19.0. The molecule has 0 aliphatic carbocycles. The van der Waals surface area contributed by atoms with Crippen molar-refractivity contribution in [2.75, 3.05) is 5.32 Å². The van der Waals surface area contributed by atoms with Gasteiger partial charge in [-0.2, -0.15) is 13.2 Å². The molecule has 0 saturated carbocycles. The largest absolute Gasteiger partial charge is 0.416 e. The molecule has 0 fully saturated rings. The molecule has 0 spiro atoms. The molecule has 3 rings (SSSR count). The molecule has 0 saturated heterocycles. The van der Waals surface area contributed by atoms with E-state index in [1.807, 2.05) is 60.7 Å². The van der Waals surface area contributed by atoms with E-state index in [2.05, 4.69) is 5.32 Å². The van der Waals surface area contributed by atoms with E-state index in [-0.39, 0.29) is 16.6 Å². The molecule has 0 radical (unpaired) electrons. The summed E-state index contributed by atoms with van der Waals surface area (Å²) in [4.78, 5) is 13.0. The number of benzene rings is 3. The lowest BCUT2D eigenvalue weighted by molar-refractivity contribution is -0.137. The summed E-state index contributed by atoms with van der Waals surface area (Å²) >= 11 is 5.96. The van der Waals surface area contributed by atoms with Gasteiger partial charge in [-0.3, -0.25) is 4.79 Å². The minimum absolute atomic E-state index is 0.131. The van der Waals surface area contributed by atoms with Crippen LogP contribution in [-0.4, -0.2) is 5.91 Å². The number of rotatable bonds is 4. The Morgan fingerprint density at radius 2 is 1.37 bits per heavy atom. The van der Waals surface area contributed by atoms with Gasteiger partial charge in [0, 0.05) is 0 Å². The Balaban J connectivity index is 1.92. The van der Waals surface area contributed by atoms with Gasteiger partial charge in [-0.25, -0.2) is 0 Å². The fourth-order valence-corrected chi connectivity index (χ4v) is 3.01. The van der Waals surface area contributed by atoms with E-state index >= 15 is 0 Å². The van der Waals surface area contributed by atoms with Crippen LogP contribution in [0.2, 0.25) is 5.02 Å². The highest BCUT2D eigenvalue weighted by molar-refractivity contribution is 6.33. The molecule has 3 aromatic carbocycles. The van der Waals surface area contributed by atoms with Crippen molar-refractivity contribution in [2.45, 2.75) is 12.1 Å². The summed E-state index contributed by atoms with van der Waals surface area (Å²) in [6.45, 7) is 0. The second kappa shape index (κ2) is 7.84. The van der Waals surface area contributed by atoms with Crippen molar-refractivity contribution >= 4 is 23.2 Å². The highest BCUT2D eigenvalue weighted by Crippen LogP contribution is 2.34. The minimum Gasteiger partial charge on any atom is -0.324 e. The molecular weight excluding hydrogens is 375 g/mol. The summed E-state index contributed by atoms with van der Waals surface area (Å²) in [5.74, 6) is -1.00. The van der Waals surface area contributed by atoms with Gasteiger partial charge in [-0.15, -0.1) is 0 Å². The van der Waals surface area contributed by atoms with Crippen molar-refractivity contribution in [1.82, 2.24) is 0 Å². The maximum Gasteiger partial charge on any atom is 0.416 e. The van der Waals surface area contributed by atoms with Gasteiger partial charge in [0.05, 0.1) is 22.2 Å². The average Bonchev–Trinajstić information content (AvgIpc) is 2.64. The molecule has 1 amide bonds. The summed E-state index contributed by atoms with van der Waals surface area (Å²) in [6.07, 6.45) is -4.50. The first-order valence-electron chi connectivity index (χ1n) is 8.14. The fraction of sp³-hybridized carbons (Fsp3) is 0.0952. The fourth-order valence-electron chi connectivity index (χ4n) is 2.78. The van der Waals surface area contributed by atoms with Crippen LogP contribution in [0.1, 0.15) is 22.6 Å². The number of hydrogen-bond donors (Lipinski definition) is 1. The molecule has 0 aromatic heterocycles. The standard InChI is InChI=1S/C21H15ClF3NO/c22-17-13-16(21(23,24)25)11-12-18(17)26-20(27)19(14-7-3-1-4-8-14)15-9-5-2-6-10-15/h1-13,19H,(H,26,27). The Morgan fingerprint density at radius 1 is 0.852 bits per heavy atom. The van der Waals surface area contributed by atoms with E-state index in [1.54, 1.807) is 0 Å². The second-order valence-electron chi connectivity index (χ2n) is 5.94. The molecular formula is C21H15ClF3NO. The van der Waals surface area contributed by atoms with Crippen molar-refractivity contribution in [3.05, 3.63) is 101 Å². The molecule has 138 valence electrons. The number of carbonyl (C=O) groups excluding carboxylic acids is 1. The van der Waals surface area contributed by atoms with Crippen LogP contribution in [0.15, 0.2) is 78.9 Å². The number of hydrogen-bond acceptors (Lipinski definition) is 1. The van der Waals surface area contributed by atoms with Gasteiger partial charge in [-0.1, -0.05) is 72.3 Å². The topological polar surface area (TPSA) is 29.1 Å². The second-order valence-corrected chi connectivity index (χ2v) is 6.34. The van der Waals surface area contributed by atoms with E-state index in [1.165, 1.54) is 0 Å². The zero-order chi connectivity index (χ0) is 19.4. The van der Waals surface area contributed by atoms with Crippen LogP contribution in [0.3, 0.4) is 0 Å². The molecule has 0 atom stereocenters. The predicted octanol–water partition coefficient (Wildman–Crippen LogP) is 6.13. The van der Waals surface area contributed by atoms with E-state index in [0.717, 1.165) is 29.3 Å². The summed E-state index contributed by atoms with van der Waals surface area (Å²) in [5.41, 5.74) is 0.799. The lowest BCUT2D eigenvalue weighted by atomic mass is 9.90. The van der Waals surface area contributed by atoms with Crippen LogP contribution in [0.4, 0.5) is 18.9 Å². The van der Waals surface area contributed by atoms with Gasteiger partial charge < -0.3 is 5.32 Å². The molecule has 0 bridgehead atoms. The summed E-state index contributed by atoms with van der Waals surface area (Å²) in [7, 11) is 0. The Morgan fingerprint density at radius 3 is 1.81 bits per heavy atom. The summed E-state index contributed by atoms with van der Waals surface area (Å²) in [6, 6.07) is 21.1. The van der Waals surface area contributed by atoms with Gasteiger partial charge >= 0.3 is 6.18 Å². The normalized spacial score (nSPS) is 11.4. The van der Waals surface area contributed by atoms with Crippen molar-refractivity contribution in [3.63, 3.8) is 0 Å². The van der Waals surface area contributed by atoms with Gasteiger partial charge in [-0.05, 0) is 29.3 Å².